The second-order valence-electron chi connectivity index (χ2n) is 5.06. The van der Waals surface area contributed by atoms with Crippen LogP contribution in [-0.4, -0.2) is 25.9 Å². The Morgan fingerprint density at radius 1 is 1.20 bits per heavy atom. The molecule has 0 aliphatic carbocycles. The zero-order chi connectivity index (χ0) is 12.5. The molecule has 0 aromatic carbocycles. The molecule has 0 N–H and O–H groups in total. The maximum atomic E-state index is 12.5. The van der Waals surface area contributed by atoms with E-state index in [1.54, 1.807) is 0 Å². The van der Waals surface area contributed by atoms with E-state index in [0.717, 1.165) is 0 Å². The molecule has 0 bridgehead atoms. The molecule has 0 amide bonds. The van der Waals surface area contributed by atoms with Crippen molar-refractivity contribution in [1.82, 2.24) is 0 Å². The topological polar surface area (TPSA) is 9.23 Å². The highest BCUT2D eigenvalue weighted by molar-refractivity contribution is 9.09. The van der Waals surface area contributed by atoms with Crippen molar-refractivity contribution in [3.8, 4) is 0 Å². The molecule has 0 heterocycles. The quantitative estimate of drug-likeness (QED) is 0.557. The number of halogens is 4. The third-order valence-electron chi connectivity index (χ3n) is 2.75. The summed E-state index contributed by atoms with van der Waals surface area (Å²) in [7, 11) is -2.35. The Balaban J connectivity index is 4.70. The van der Waals surface area contributed by atoms with E-state index >= 15 is 0 Å². The Hall–Kier alpha value is 0.447. The summed E-state index contributed by atoms with van der Waals surface area (Å²) in [5.74, 6) is 0. The van der Waals surface area contributed by atoms with Gasteiger partial charge in [0, 0.05) is 5.33 Å². The highest BCUT2D eigenvalue weighted by Gasteiger charge is 2.47. The molecule has 0 aromatic rings. The van der Waals surface area contributed by atoms with E-state index in [0.29, 0.717) is 0 Å². The maximum absolute atomic E-state index is 12.5. The summed E-state index contributed by atoms with van der Waals surface area (Å²) in [5, 5.41) is -0.415. The van der Waals surface area contributed by atoms with Crippen molar-refractivity contribution in [3.63, 3.8) is 0 Å². The van der Waals surface area contributed by atoms with Crippen LogP contribution in [0.3, 0.4) is 0 Å². The molecule has 6 heteroatoms. The lowest BCUT2D eigenvalue weighted by Crippen LogP contribution is -2.48. The Labute approximate surface area is 98.6 Å². The summed E-state index contributed by atoms with van der Waals surface area (Å²) in [6.45, 7) is 9.38. The molecule has 0 spiro atoms. The summed E-state index contributed by atoms with van der Waals surface area (Å²) in [4.78, 5) is 0. The molecule has 1 unspecified atom stereocenters. The predicted molar refractivity (Wildman–Crippen MR) is 61.9 cm³/mol. The fourth-order valence-electron chi connectivity index (χ4n) is 0.718. The van der Waals surface area contributed by atoms with Crippen LogP contribution in [0, 0.1) is 0 Å². The van der Waals surface area contributed by atoms with Gasteiger partial charge in [-0.15, -0.1) is 0 Å². The highest BCUT2D eigenvalue weighted by atomic mass is 79.9. The molecule has 1 atom stereocenters. The van der Waals surface area contributed by atoms with Crippen LogP contribution in [0.2, 0.25) is 18.1 Å². The van der Waals surface area contributed by atoms with Crippen molar-refractivity contribution in [2.75, 3.05) is 5.33 Å². The third kappa shape index (κ3) is 4.44. The molecule has 0 fully saturated rings. The Morgan fingerprint density at radius 2 is 1.60 bits per heavy atom. The first kappa shape index (κ1) is 15.4. The van der Waals surface area contributed by atoms with Gasteiger partial charge in [-0.2, -0.15) is 13.2 Å². The lowest BCUT2D eigenvalue weighted by atomic mass is 10.2. The fraction of sp³-hybridized carbons (Fsp3) is 1.00. The smallest absolute Gasteiger partial charge is 0.404 e. The van der Waals surface area contributed by atoms with Crippen LogP contribution in [0.5, 0.6) is 0 Å². The van der Waals surface area contributed by atoms with Crippen molar-refractivity contribution in [1.29, 1.82) is 0 Å². The number of rotatable bonds is 3. The Morgan fingerprint density at radius 3 is 1.80 bits per heavy atom. The molecule has 0 aromatic heterocycles. The number of alkyl halides is 4. The van der Waals surface area contributed by atoms with Gasteiger partial charge in [0.15, 0.2) is 14.4 Å². The lowest BCUT2D eigenvalue weighted by Gasteiger charge is -2.39. The summed E-state index contributed by atoms with van der Waals surface area (Å²) >= 11 is 2.85. The standard InChI is InChI=1S/C9H18BrF3OSi/c1-8(2,3)15(4,5)14-7(6-10)9(11,12)13/h7H,6H2,1-5H3. The number of hydrogen-bond donors (Lipinski definition) is 0. The van der Waals surface area contributed by atoms with E-state index in [-0.39, 0.29) is 10.4 Å². The van der Waals surface area contributed by atoms with E-state index in [9.17, 15) is 13.2 Å². The van der Waals surface area contributed by atoms with Gasteiger partial charge in [-0.05, 0) is 18.1 Å². The van der Waals surface area contributed by atoms with Crippen LogP contribution in [0.1, 0.15) is 20.8 Å². The largest absolute Gasteiger partial charge is 0.414 e. The molecule has 0 aliphatic rings. The zero-order valence-electron chi connectivity index (χ0n) is 9.70. The van der Waals surface area contributed by atoms with Gasteiger partial charge in [-0.3, -0.25) is 0 Å². The van der Waals surface area contributed by atoms with Crippen molar-refractivity contribution >= 4 is 24.2 Å². The summed E-state index contributed by atoms with van der Waals surface area (Å²) in [5.41, 5.74) is 0. The minimum Gasteiger partial charge on any atom is -0.404 e. The van der Waals surface area contributed by atoms with Crippen molar-refractivity contribution in [3.05, 3.63) is 0 Å². The fourth-order valence-corrected chi connectivity index (χ4v) is 2.74. The normalized spacial score (nSPS) is 16.6. The molecule has 0 saturated carbocycles. The van der Waals surface area contributed by atoms with E-state index in [4.69, 9.17) is 4.43 Å². The second kappa shape index (κ2) is 4.75. The molecular weight excluding hydrogens is 289 g/mol. The van der Waals surface area contributed by atoms with E-state index < -0.39 is 20.6 Å². The summed E-state index contributed by atoms with van der Waals surface area (Å²) < 4.78 is 42.8. The van der Waals surface area contributed by atoms with Crippen LogP contribution in [-0.2, 0) is 4.43 Å². The molecule has 0 rings (SSSR count). The van der Waals surface area contributed by atoms with Gasteiger partial charge in [0.1, 0.15) is 0 Å². The molecule has 1 nitrogen and oxygen atoms in total. The Kier molecular flexibility index (Phi) is 4.89. The van der Waals surface area contributed by atoms with Crippen molar-refractivity contribution in [2.45, 2.75) is 51.2 Å². The average molecular weight is 307 g/mol. The SMILES string of the molecule is CC(C)(C)[Si](C)(C)OC(CBr)C(F)(F)F. The average Bonchev–Trinajstić information content (AvgIpc) is 1.95. The van der Waals surface area contributed by atoms with Crippen LogP contribution in [0.15, 0.2) is 0 Å². The predicted octanol–water partition coefficient (Wildman–Crippen LogP) is 4.33. The minimum atomic E-state index is -4.29. The van der Waals surface area contributed by atoms with E-state index in [2.05, 4.69) is 15.9 Å². The monoisotopic (exact) mass is 306 g/mol. The lowest BCUT2D eigenvalue weighted by molar-refractivity contribution is -0.190. The zero-order valence-corrected chi connectivity index (χ0v) is 12.3. The van der Waals surface area contributed by atoms with E-state index in [1.807, 2.05) is 33.9 Å². The molecule has 92 valence electrons. The molecule has 0 radical (unpaired) electrons. The van der Waals surface area contributed by atoms with Gasteiger partial charge in [0.2, 0.25) is 0 Å². The van der Waals surface area contributed by atoms with Gasteiger partial charge in [0.05, 0.1) is 0 Å². The van der Waals surface area contributed by atoms with Crippen LogP contribution in [0.25, 0.3) is 0 Å². The third-order valence-corrected chi connectivity index (χ3v) is 7.82. The number of hydrogen-bond acceptors (Lipinski definition) is 1. The van der Waals surface area contributed by atoms with Crippen LogP contribution >= 0.6 is 15.9 Å². The van der Waals surface area contributed by atoms with Crippen molar-refractivity contribution in [2.24, 2.45) is 0 Å². The maximum Gasteiger partial charge on any atom is 0.414 e. The minimum absolute atomic E-state index is 0.205. The van der Waals surface area contributed by atoms with Crippen molar-refractivity contribution < 1.29 is 17.6 Å². The van der Waals surface area contributed by atoms with Crippen LogP contribution < -0.4 is 0 Å². The first-order valence-electron chi connectivity index (χ1n) is 4.72. The van der Waals surface area contributed by atoms with E-state index in [1.165, 1.54) is 0 Å². The van der Waals surface area contributed by atoms with Crippen LogP contribution in [0.4, 0.5) is 13.2 Å². The second-order valence-corrected chi connectivity index (χ2v) is 10.5. The van der Waals surface area contributed by atoms with Gasteiger partial charge in [-0.25, -0.2) is 0 Å². The summed E-state index contributed by atoms with van der Waals surface area (Å²) in [6, 6.07) is 0. The van der Waals surface area contributed by atoms with Gasteiger partial charge in [-0.1, -0.05) is 36.7 Å². The molecule has 0 saturated heterocycles. The van der Waals surface area contributed by atoms with Gasteiger partial charge in [0.25, 0.3) is 0 Å². The highest BCUT2D eigenvalue weighted by Crippen LogP contribution is 2.39. The Bertz CT molecular complexity index is 210. The first-order chi connectivity index (χ1) is 6.42. The molecule has 0 aliphatic heterocycles. The van der Waals surface area contributed by atoms with Gasteiger partial charge < -0.3 is 4.43 Å². The molecular formula is C9H18BrF3OSi. The first-order valence-corrected chi connectivity index (χ1v) is 8.75. The summed E-state index contributed by atoms with van der Waals surface area (Å²) in [6.07, 6.45) is -5.99. The van der Waals surface area contributed by atoms with Gasteiger partial charge >= 0.3 is 6.18 Å². The molecule has 15 heavy (non-hydrogen) atoms.